The number of hydrogen-bond donors (Lipinski definition) is 0. The molecule has 0 aliphatic carbocycles. The van der Waals surface area contributed by atoms with E-state index in [9.17, 15) is 0 Å². The van der Waals surface area contributed by atoms with E-state index in [1.54, 1.807) is 14.2 Å². The maximum Gasteiger partial charge on any atom is 0.144 e. The van der Waals surface area contributed by atoms with Crippen molar-refractivity contribution in [3.05, 3.63) is 83.5 Å². The van der Waals surface area contributed by atoms with Crippen LogP contribution in [0, 0.1) is 27.4 Å². The number of halogens is 2. The van der Waals surface area contributed by atoms with Gasteiger partial charge in [0, 0.05) is 33.0 Å². The number of hydrogen-bond acceptors (Lipinski definition) is 7. The van der Waals surface area contributed by atoms with Crippen LogP contribution in [0.4, 0.5) is 11.4 Å². The molecular formula is C34H45Cl2N2O5Ru-. The fourth-order valence-electron chi connectivity index (χ4n) is 4.96. The second-order valence-electron chi connectivity index (χ2n) is 10.5. The molecule has 4 rings (SSSR count). The van der Waals surface area contributed by atoms with E-state index in [-0.39, 0.29) is 6.10 Å². The minimum Gasteiger partial charge on any atom is -0.502 e. The van der Waals surface area contributed by atoms with E-state index in [1.807, 2.05) is 60.9 Å². The van der Waals surface area contributed by atoms with Crippen LogP contribution in [0.1, 0.15) is 36.1 Å². The molecule has 244 valence electrons. The summed E-state index contributed by atoms with van der Waals surface area (Å²) in [5.74, 6) is 2.43. The van der Waals surface area contributed by atoms with Crippen molar-refractivity contribution in [1.82, 2.24) is 0 Å². The van der Waals surface area contributed by atoms with Crippen molar-refractivity contribution in [2.45, 2.75) is 40.7 Å². The van der Waals surface area contributed by atoms with Gasteiger partial charge in [-0.15, -0.1) is 0 Å². The zero-order valence-corrected chi connectivity index (χ0v) is 30.0. The summed E-state index contributed by atoms with van der Waals surface area (Å²) in [6.45, 7) is 16.4. The van der Waals surface area contributed by atoms with Crippen LogP contribution in [0.25, 0.3) is 0 Å². The zero-order valence-electron chi connectivity index (χ0n) is 26.7. The largest absolute Gasteiger partial charge is 0.502 e. The van der Waals surface area contributed by atoms with Crippen LogP contribution in [0.5, 0.6) is 17.2 Å². The number of nitrogens with zero attached hydrogens (tertiary/aromatic N) is 2. The minimum atomic E-state index is -1.77. The second kappa shape index (κ2) is 18.6. The Bertz CT molecular complexity index is 1320. The first-order chi connectivity index (χ1) is 21.1. The SMILES string of the molecule is CC(C)Oc1ccccc1[CH]=[Ru]([Cl])[Cl].COCCOc1cccc(OCCOC)c1N1[CH-]N(c2c(C)cc(C)cc2C)CC1. The quantitative estimate of drug-likeness (QED) is 0.102. The molecule has 0 bridgehead atoms. The van der Waals surface area contributed by atoms with E-state index in [1.165, 1.54) is 22.4 Å². The van der Waals surface area contributed by atoms with Crippen LogP contribution in [0.3, 0.4) is 0 Å². The Labute approximate surface area is 276 Å². The van der Waals surface area contributed by atoms with E-state index in [4.69, 9.17) is 43.1 Å². The van der Waals surface area contributed by atoms with Gasteiger partial charge in [-0.05, 0) is 44.0 Å². The van der Waals surface area contributed by atoms with Gasteiger partial charge < -0.3 is 28.7 Å². The average Bonchev–Trinajstić information content (AvgIpc) is 3.43. The van der Waals surface area contributed by atoms with Gasteiger partial charge in [0.15, 0.2) is 0 Å². The van der Waals surface area contributed by atoms with Crippen LogP contribution in [0.15, 0.2) is 54.6 Å². The normalized spacial score (nSPS) is 13.0. The molecular weight excluding hydrogens is 688 g/mol. The summed E-state index contributed by atoms with van der Waals surface area (Å²) in [6.07, 6.45) is 0.163. The van der Waals surface area contributed by atoms with Gasteiger partial charge in [0.05, 0.1) is 18.9 Å². The molecule has 44 heavy (non-hydrogen) atoms. The standard InChI is InChI=1S/C24H33N2O4.C10H12O.2ClH.Ru/c1-18-15-19(2)23(20(3)16-18)25-9-10-26(17-25)24-21(29-13-11-27-4)7-6-8-22(24)30-14-12-28-5;1-8(2)11-10-7-5-4-6-9(10)3;;;/h6-8,15-17H,9-14H2,1-5H3;3-8H,1-2H3;2*1H;/q-1;;;;+2/p-2. The Hall–Kier alpha value is -2.35. The van der Waals surface area contributed by atoms with Gasteiger partial charge >= 0.3 is 97.8 Å². The monoisotopic (exact) mass is 733 g/mol. The maximum atomic E-state index is 6.02. The molecule has 0 radical (unpaired) electrons. The molecule has 0 spiro atoms. The number of anilines is 2. The molecule has 0 unspecified atom stereocenters. The second-order valence-corrected chi connectivity index (χ2v) is 16.3. The van der Waals surface area contributed by atoms with Crippen molar-refractivity contribution in [2.24, 2.45) is 0 Å². The van der Waals surface area contributed by atoms with Gasteiger partial charge in [0.2, 0.25) is 0 Å². The first kappa shape index (κ1) is 36.1. The van der Waals surface area contributed by atoms with Crippen molar-refractivity contribution >= 4 is 35.4 Å². The molecule has 7 nitrogen and oxygen atoms in total. The first-order valence-corrected chi connectivity index (χ1v) is 20.0. The predicted molar refractivity (Wildman–Crippen MR) is 180 cm³/mol. The van der Waals surface area contributed by atoms with Crippen molar-refractivity contribution < 1.29 is 37.2 Å². The summed E-state index contributed by atoms with van der Waals surface area (Å²) < 4.78 is 29.9. The van der Waals surface area contributed by atoms with Crippen molar-refractivity contribution in [2.75, 3.05) is 63.5 Å². The number of methoxy groups -OCH3 is 2. The fourth-order valence-corrected chi connectivity index (χ4v) is 6.77. The van der Waals surface area contributed by atoms with Gasteiger partial charge in [-0.1, -0.05) is 23.8 Å². The Morgan fingerprint density at radius 1 is 0.773 bits per heavy atom. The van der Waals surface area contributed by atoms with Gasteiger partial charge in [-0.25, -0.2) is 0 Å². The molecule has 0 atom stereocenters. The minimum absolute atomic E-state index is 0.163. The number of ether oxygens (including phenoxy) is 5. The first-order valence-electron chi connectivity index (χ1n) is 14.6. The molecule has 0 saturated carbocycles. The van der Waals surface area contributed by atoms with E-state index in [2.05, 4.69) is 49.4 Å². The Morgan fingerprint density at radius 2 is 1.30 bits per heavy atom. The van der Waals surface area contributed by atoms with E-state index >= 15 is 0 Å². The molecule has 3 aromatic carbocycles. The molecule has 0 aromatic heterocycles. The molecule has 0 amide bonds. The average molecular weight is 734 g/mol. The smallest absolute Gasteiger partial charge is 0.144 e. The van der Waals surface area contributed by atoms with Crippen molar-refractivity contribution in [1.29, 1.82) is 0 Å². The molecule has 1 heterocycles. The van der Waals surface area contributed by atoms with Gasteiger partial charge in [-0.3, -0.25) is 0 Å². The summed E-state index contributed by atoms with van der Waals surface area (Å²) in [5, 5.41) is 0. The van der Waals surface area contributed by atoms with E-state index < -0.39 is 13.5 Å². The number of aryl methyl sites for hydroxylation is 3. The molecule has 1 aliphatic rings. The van der Waals surface area contributed by atoms with E-state index in [0.29, 0.717) is 26.4 Å². The third kappa shape index (κ3) is 10.9. The summed E-state index contributed by atoms with van der Waals surface area (Å²) in [6, 6.07) is 18.2. The van der Waals surface area contributed by atoms with Crippen LogP contribution >= 0.6 is 19.4 Å². The van der Waals surface area contributed by atoms with Crippen LogP contribution in [-0.4, -0.2) is 64.4 Å². The molecule has 10 heteroatoms. The molecule has 3 aromatic rings. The van der Waals surface area contributed by atoms with Crippen LogP contribution in [0.2, 0.25) is 0 Å². The fraction of sp³-hybridized carbons (Fsp3) is 0.412. The number of para-hydroxylation sites is 2. The zero-order chi connectivity index (χ0) is 32.1. The Morgan fingerprint density at radius 3 is 1.82 bits per heavy atom. The van der Waals surface area contributed by atoms with Gasteiger partial charge in [0.25, 0.3) is 0 Å². The molecule has 1 aliphatic heterocycles. The Balaban J connectivity index is 0.000000317. The molecule has 1 fully saturated rings. The molecule has 1 saturated heterocycles. The number of rotatable bonds is 13. The van der Waals surface area contributed by atoms with E-state index in [0.717, 1.165) is 41.6 Å². The maximum absolute atomic E-state index is 6.02. The van der Waals surface area contributed by atoms with Crippen LogP contribution < -0.4 is 24.0 Å². The predicted octanol–water partition coefficient (Wildman–Crippen LogP) is 7.66. The van der Waals surface area contributed by atoms with Gasteiger partial charge in [0.1, 0.15) is 24.7 Å². The third-order valence-corrected chi connectivity index (χ3v) is 8.42. The Kier molecular flexibility index (Phi) is 15.3. The summed E-state index contributed by atoms with van der Waals surface area (Å²) in [4.78, 5) is 4.53. The van der Waals surface area contributed by atoms with Crippen molar-refractivity contribution in [3.63, 3.8) is 0 Å². The summed E-state index contributed by atoms with van der Waals surface area (Å²) >= 11 is -1.77. The summed E-state index contributed by atoms with van der Waals surface area (Å²) in [5.41, 5.74) is 7.05. The van der Waals surface area contributed by atoms with Crippen LogP contribution in [-0.2, 0) is 23.0 Å². The molecule has 0 N–H and O–H groups in total. The summed E-state index contributed by atoms with van der Waals surface area (Å²) in [7, 11) is 15.0. The van der Waals surface area contributed by atoms with Gasteiger partial charge in [-0.2, -0.15) is 6.67 Å². The topological polar surface area (TPSA) is 52.6 Å². The third-order valence-electron chi connectivity index (χ3n) is 6.59. The number of benzene rings is 3. The van der Waals surface area contributed by atoms with Crippen molar-refractivity contribution in [3.8, 4) is 17.2 Å².